The fourth-order valence-corrected chi connectivity index (χ4v) is 4.60. The van der Waals surface area contributed by atoms with Crippen molar-refractivity contribution in [1.82, 2.24) is 19.5 Å². The number of fused-ring (bicyclic) bond motifs is 1. The van der Waals surface area contributed by atoms with Crippen LogP contribution in [0, 0.1) is 5.92 Å². The summed E-state index contributed by atoms with van der Waals surface area (Å²) in [5.41, 5.74) is 0. The SMILES string of the molecule is CC(NS(C)(=O)=O)c1nnc2n1CCCCC2C1CCOCC1. The second-order valence-corrected chi connectivity index (χ2v) is 8.51. The van der Waals surface area contributed by atoms with Gasteiger partial charge in [0.1, 0.15) is 5.82 Å². The van der Waals surface area contributed by atoms with E-state index in [-0.39, 0.29) is 6.04 Å². The molecule has 1 N–H and O–H groups in total. The van der Waals surface area contributed by atoms with Crippen molar-refractivity contribution in [3.8, 4) is 0 Å². The molecule has 1 fully saturated rings. The fourth-order valence-electron chi connectivity index (χ4n) is 3.85. The molecule has 0 radical (unpaired) electrons. The van der Waals surface area contributed by atoms with Crippen LogP contribution in [0.25, 0.3) is 0 Å². The number of sulfonamides is 1. The van der Waals surface area contributed by atoms with E-state index in [1.807, 2.05) is 6.92 Å². The quantitative estimate of drug-likeness (QED) is 0.898. The molecule has 2 unspecified atom stereocenters. The topological polar surface area (TPSA) is 86.1 Å². The minimum atomic E-state index is -3.27. The van der Waals surface area contributed by atoms with Crippen LogP contribution in [0.15, 0.2) is 0 Å². The molecule has 0 amide bonds. The molecule has 3 heterocycles. The molecule has 7 nitrogen and oxygen atoms in total. The Balaban J connectivity index is 1.87. The first-order valence-corrected chi connectivity index (χ1v) is 10.3. The van der Waals surface area contributed by atoms with Gasteiger partial charge in [0.05, 0.1) is 12.3 Å². The van der Waals surface area contributed by atoms with E-state index >= 15 is 0 Å². The number of nitrogens with one attached hydrogen (secondary N) is 1. The Morgan fingerprint density at radius 3 is 2.65 bits per heavy atom. The zero-order valence-electron chi connectivity index (χ0n) is 13.9. The lowest BCUT2D eigenvalue weighted by molar-refractivity contribution is 0.0556. The number of hydrogen-bond donors (Lipinski definition) is 1. The van der Waals surface area contributed by atoms with Gasteiger partial charge in [0.25, 0.3) is 0 Å². The summed E-state index contributed by atoms with van der Waals surface area (Å²) in [6, 6.07) is -0.361. The van der Waals surface area contributed by atoms with E-state index in [9.17, 15) is 8.42 Å². The van der Waals surface area contributed by atoms with Gasteiger partial charge < -0.3 is 9.30 Å². The van der Waals surface area contributed by atoms with Gasteiger partial charge in [-0.15, -0.1) is 10.2 Å². The van der Waals surface area contributed by atoms with Crippen LogP contribution in [0.2, 0.25) is 0 Å². The Morgan fingerprint density at radius 2 is 1.96 bits per heavy atom. The molecule has 2 aliphatic rings. The van der Waals surface area contributed by atoms with Gasteiger partial charge in [0, 0.05) is 25.7 Å². The number of ether oxygens (including phenoxy) is 1. The van der Waals surface area contributed by atoms with Gasteiger partial charge in [0.2, 0.25) is 10.0 Å². The Labute approximate surface area is 137 Å². The molecule has 1 aromatic rings. The van der Waals surface area contributed by atoms with Crippen LogP contribution in [0.1, 0.15) is 62.6 Å². The molecular weight excluding hydrogens is 316 g/mol. The number of nitrogens with zero attached hydrogens (tertiary/aromatic N) is 3. The molecule has 0 spiro atoms. The average molecular weight is 342 g/mol. The third kappa shape index (κ3) is 3.92. The normalized spacial score (nSPS) is 24.9. The Kier molecular flexibility index (Phi) is 5.03. The molecule has 2 atom stereocenters. The molecular formula is C15H26N4O3S. The summed E-state index contributed by atoms with van der Waals surface area (Å²) in [6.07, 6.45) is 6.72. The molecule has 0 saturated carbocycles. The maximum Gasteiger partial charge on any atom is 0.209 e. The van der Waals surface area contributed by atoms with Crippen molar-refractivity contribution in [3.05, 3.63) is 11.6 Å². The van der Waals surface area contributed by atoms with Crippen LogP contribution >= 0.6 is 0 Å². The molecule has 0 aromatic carbocycles. The van der Waals surface area contributed by atoms with E-state index in [0.717, 1.165) is 57.1 Å². The average Bonchev–Trinajstić information content (AvgIpc) is 2.80. The largest absolute Gasteiger partial charge is 0.381 e. The van der Waals surface area contributed by atoms with Gasteiger partial charge in [-0.1, -0.05) is 6.42 Å². The monoisotopic (exact) mass is 342 g/mol. The third-order valence-electron chi connectivity index (χ3n) is 4.90. The summed E-state index contributed by atoms with van der Waals surface area (Å²) in [6.45, 7) is 4.35. The number of rotatable bonds is 4. The van der Waals surface area contributed by atoms with Crippen molar-refractivity contribution in [2.75, 3.05) is 19.5 Å². The predicted molar refractivity (Wildman–Crippen MR) is 86.6 cm³/mol. The zero-order chi connectivity index (χ0) is 16.4. The number of aromatic nitrogens is 3. The molecule has 3 rings (SSSR count). The van der Waals surface area contributed by atoms with Crippen LogP contribution in [0.4, 0.5) is 0 Å². The lowest BCUT2D eigenvalue weighted by Gasteiger charge is -2.29. The van der Waals surface area contributed by atoms with Gasteiger partial charge >= 0.3 is 0 Å². The highest BCUT2D eigenvalue weighted by atomic mass is 32.2. The van der Waals surface area contributed by atoms with Gasteiger partial charge in [-0.3, -0.25) is 0 Å². The van der Waals surface area contributed by atoms with E-state index in [1.54, 1.807) is 0 Å². The van der Waals surface area contributed by atoms with E-state index < -0.39 is 10.0 Å². The summed E-state index contributed by atoms with van der Waals surface area (Å²) in [4.78, 5) is 0. The van der Waals surface area contributed by atoms with Crippen LogP contribution in [-0.2, 0) is 21.3 Å². The number of hydrogen-bond acceptors (Lipinski definition) is 5. The minimum absolute atomic E-state index is 0.361. The summed E-state index contributed by atoms with van der Waals surface area (Å²) in [5, 5.41) is 8.79. The summed E-state index contributed by atoms with van der Waals surface area (Å²) in [5.74, 6) is 2.76. The first-order valence-electron chi connectivity index (χ1n) is 8.44. The molecule has 0 bridgehead atoms. The summed E-state index contributed by atoms with van der Waals surface area (Å²) >= 11 is 0. The first kappa shape index (κ1) is 16.9. The van der Waals surface area contributed by atoms with Crippen LogP contribution in [0.3, 0.4) is 0 Å². The fraction of sp³-hybridized carbons (Fsp3) is 0.867. The molecule has 130 valence electrons. The lowest BCUT2D eigenvalue weighted by atomic mass is 9.82. The van der Waals surface area contributed by atoms with E-state index in [2.05, 4.69) is 19.5 Å². The standard InChI is InChI=1S/C15H26N4O3S/c1-11(18-23(2,20)21)14-16-17-15-13(5-3-4-8-19(14)15)12-6-9-22-10-7-12/h11-13,18H,3-10H2,1-2H3. The maximum atomic E-state index is 11.5. The zero-order valence-corrected chi connectivity index (χ0v) is 14.7. The first-order chi connectivity index (χ1) is 11.0. The van der Waals surface area contributed by atoms with Gasteiger partial charge in [0.15, 0.2) is 5.82 Å². The highest BCUT2D eigenvalue weighted by molar-refractivity contribution is 7.88. The maximum absolute atomic E-state index is 11.5. The minimum Gasteiger partial charge on any atom is -0.381 e. The van der Waals surface area contributed by atoms with Crippen molar-refractivity contribution < 1.29 is 13.2 Å². The van der Waals surface area contributed by atoms with Gasteiger partial charge in [-0.2, -0.15) is 0 Å². The van der Waals surface area contributed by atoms with Gasteiger partial charge in [-0.05, 0) is 38.5 Å². The smallest absolute Gasteiger partial charge is 0.209 e. The van der Waals surface area contributed by atoms with Crippen molar-refractivity contribution in [2.24, 2.45) is 5.92 Å². The van der Waals surface area contributed by atoms with Crippen LogP contribution in [0.5, 0.6) is 0 Å². The van der Waals surface area contributed by atoms with Gasteiger partial charge in [-0.25, -0.2) is 13.1 Å². The molecule has 8 heteroatoms. The highest BCUT2D eigenvalue weighted by Crippen LogP contribution is 2.37. The Morgan fingerprint density at radius 1 is 1.22 bits per heavy atom. The molecule has 23 heavy (non-hydrogen) atoms. The van der Waals surface area contributed by atoms with Crippen LogP contribution in [-0.4, -0.2) is 42.7 Å². The van der Waals surface area contributed by atoms with Crippen molar-refractivity contribution >= 4 is 10.0 Å². The third-order valence-corrected chi connectivity index (χ3v) is 5.68. The van der Waals surface area contributed by atoms with E-state index in [4.69, 9.17) is 4.74 Å². The second-order valence-electron chi connectivity index (χ2n) is 6.73. The molecule has 0 aliphatic carbocycles. The predicted octanol–water partition coefficient (Wildman–Crippen LogP) is 1.58. The Hall–Kier alpha value is -0.990. The summed E-state index contributed by atoms with van der Waals surface area (Å²) in [7, 11) is -3.27. The van der Waals surface area contributed by atoms with Crippen molar-refractivity contribution in [1.29, 1.82) is 0 Å². The Bertz CT molecular complexity index is 637. The second kappa shape index (κ2) is 6.86. The lowest BCUT2D eigenvalue weighted by Crippen LogP contribution is -2.28. The van der Waals surface area contributed by atoms with Crippen LogP contribution < -0.4 is 4.72 Å². The molecule has 1 aromatic heterocycles. The van der Waals surface area contributed by atoms with E-state index in [1.165, 1.54) is 12.7 Å². The van der Waals surface area contributed by atoms with Crippen molar-refractivity contribution in [3.63, 3.8) is 0 Å². The van der Waals surface area contributed by atoms with Crippen molar-refractivity contribution in [2.45, 2.75) is 57.5 Å². The highest BCUT2D eigenvalue weighted by Gasteiger charge is 2.32. The molecule has 2 aliphatic heterocycles. The molecule has 1 saturated heterocycles. The summed E-state index contributed by atoms with van der Waals surface area (Å²) < 4.78 is 33.3. The van der Waals surface area contributed by atoms with E-state index in [0.29, 0.717) is 11.8 Å².